The third-order valence-electron chi connectivity index (χ3n) is 1.23. The van der Waals surface area contributed by atoms with E-state index in [0.29, 0.717) is 5.69 Å². The summed E-state index contributed by atoms with van der Waals surface area (Å²) in [6, 6.07) is 0. The Balaban J connectivity index is 3.03. The van der Waals surface area contributed by atoms with Crippen LogP contribution in [-0.4, -0.2) is 22.7 Å². The van der Waals surface area contributed by atoms with Gasteiger partial charge in [0, 0.05) is 20.3 Å². The minimum absolute atomic E-state index is 0.144. The standard InChI is InChI=1S/C6H8IN3O/c1-8-6(11)5-4(7)3-10(2)9-5/h3H,1-2H3,(H,8,11). The summed E-state index contributed by atoms with van der Waals surface area (Å²) in [4.78, 5) is 11.1. The van der Waals surface area contributed by atoms with Crippen molar-refractivity contribution in [2.24, 2.45) is 7.05 Å². The Hall–Kier alpha value is -0.590. The highest BCUT2D eigenvalue weighted by atomic mass is 127. The van der Waals surface area contributed by atoms with E-state index < -0.39 is 0 Å². The number of hydrogen-bond donors (Lipinski definition) is 1. The molecule has 1 heterocycles. The van der Waals surface area contributed by atoms with Crippen molar-refractivity contribution in [3.05, 3.63) is 15.5 Å². The first-order valence-corrected chi connectivity index (χ1v) is 4.14. The molecule has 0 fully saturated rings. The van der Waals surface area contributed by atoms with Crippen LogP contribution in [0.1, 0.15) is 10.5 Å². The number of rotatable bonds is 1. The first-order chi connectivity index (χ1) is 5.15. The van der Waals surface area contributed by atoms with Crippen LogP contribution in [0.4, 0.5) is 0 Å². The van der Waals surface area contributed by atoms with Gasteiger partial charge in [-0.25, -0.2) is 0 Å². The van der Waals surface area contributed by atoms with Crippen molar-refractivity contribution in [2.75, 3.05) is 7.05 Å². The summed E-state index contributed by atoms with van der Waals surface area (Å²) >= 11 is 2.08. The Morgan fingerprint density at radius 3 is 2.82 bits per heavy atom. The van der Waals surface area contributed by atoms with Crippen molar-refractivity contribution in [1.29, 1.82) is 0 Å². The van der Waals surface area contributed by atoms with Crippen molar-refractivity contribution in [1.82, 2.24) is 15.1 Å². The number of nitrogens with one attached hydrogen (secondary N) is 1. The van der Waals surface area contributed by atoms with E-state index in [1.54, 1.807) is 25.0 Å². The van der Waals surface area contributed by atoms with Crippen LogP contribution >= 0.6 is 22.6 Å². The minimum Gasteiger partial charge on any atom is -0.354 e. The number of halogens is 1. The minimum atomic E-state index is -0.144. The van der Waals surface area contributed by atoms with Gasteiger partial charge in [0.15, 0.2) is 5.69 Å². The number of aryl methyl sites for hydroxylation is 1. The van der Waals surface area contributed by atoms with Crippen molar-refractivity contribution in [2.45, 2.75) is 0 Å². The molecule has 0 aliphatic rings. The molecule has 0 saturated heterocycles. The van der Waals surface area contributed by atoms with Gasteiger partial charge in [0.05, 0.1) is 3.57 Å². The lowest BCUT2D eigenvalue weighted by Gasteiger charge is -1.92. The quantitative estimate of drug-likeness (QED) is 0.746. The molecule has 0 atom stereocenters. The van der Waals surface area contributed by atoms with Gasteiger partial charge in [-0.05, 0) is 22.6 Å². The maximum atomic E-state index is 11.1. The lowest BCUT2D eigenvalue weighted by atomic mass is 10.4. The molecule has 1 aromatic heterocycles. The molecule has 0 spiro atoms. The van der Waals surface area contributed by atoms with Gasteiger partial charge in [0.2, 0.25) is 0 Å². The third kappa shape index (κ3) is 1.70. The highest BCUT2D eigenvalue weighted by Crippen LogP contribution is 2.08. The van der Waals surface area contributed by atoms with Gasteiger partial charge < -0.3 is 5.32 Å². The zero-order chi connectivity index (χ0) is 8.43. The predicted molar refractivity (Wildman–Crippen MR) is 49.3 cm³/mol. The molecule has 0 aromatic carbocycles. The number of carbonyl (C=O) groups is 1. The van der Waals surface area contributed by atoms with E-state index in [2.05, 4.69) is 33.0 Å². The van der Waals surface area contributed by atoms with Crippen LogP contribution in [0.25, 0.3) is 0 Å². The van der Waals surface area contributed by atoms with E-state index >= 15 is 0 Å². The van der Waals surface area contributed by atoms with Gasteiger partial charge in [-0.1, -0.05) is 0 Å². The van der Waals surface area contributed by atoms with Crippen molar-refractivity contribution < 1.29 is 4.79 Å². The second kappa shape index (κ2) is 3.21. The fourth-order valence-electron chi connectivity index (χ4n) is 0.732. The van der Waals surface area contributed by atoms with Gasteiger partial charge in [0.1, 0.15) is 0 Å². The number of carbonyl (C=O) groups excluding carboxylic acids is 1. The van der Waals surface area contributed by atoms with E-state index in [1.165, 1.54) is 0 Å². The Labute approximate surface area is 78.1 Å². The van der Waals surface area contributed by atoms with Crippen molar-refractivity contribution in [3.8, 4) is 0 Å². The molecule has 0 unspecified atom stereocenters. The zero-order valence-corrected chi connectivity index (χ0v) is 8.42. The fourth-order valence-corrected chi connectivity index (χ4v) is 1.49. The van der Waals surface area contributed by atoms with E-state index in [4.69, 9.17) is 0 Å². The highest BCUT2D eigenvalue weighted by Gasteiger charge is 2.11. The normalized spacial score (nSPS) is 9.73. The Morgan fingerprint density at radius 2 is 2.45 bits per heavy atom. The molecule has 0 aliphatic carbocycles. The first kappa shape index (κ1) is 8.51. The lowest BCUT2D eigenvalue weighted by Crippen LogP contribution is -2.19. The predicted octanol–water partition coefficient (Wildman–Crippen LogP) is 0.384. The van der Waals surface area contributed by atoms with Gasteiger partial charge in [-0.2, -0.15) is 5.10 Å². The molecule has 1 aromatic rings. The van der Waals surface area contributed by atoms with Crippen molar-refractivity contribution >= 4 is 28.5 Å². The van der Waals surface area contributed by atoms with E-state index in [-0.39, 0.29) is 5.91 Å². The smallest absolute Gasteiger partial charge is 0.272 e. The van der Waals surface area contributed by atoms with Gasteiger partial charge in [0.25, 0.3) is 5.91 Å². The summed E-state index contributed by atoms with van der Waals surface area (Å²) in [6.45, 7) is 0. The number of nitrogens with zero attached hydrogens (tertiary/aromatic N) is 2. The fraction of sp³-hybridized carbons (Fsp3) is 0.333. The molecule has 60 valence electrons. The second-order valence-electron chi connectivity index (χ2n) is 2.08. The molecule has 0 saturated carbocycles. The summed E-state index contributed by atoms with van der Waals surface area (Å²) in [6.07, 6.45) is 1.80. The molecular weight excluding hydrogens is 257 g/mol. The Bertz CT molecular complexity index is 281. The van der Waals surface area contributed by atoms with E-state index in [1.807, 2.05) is 0 Å². The maximum absolute atomic E-state index is 11.1. The van der Waals surface area contributed by atoms with Gasteiger partial charge in [-0.3, -0.25) is 9.48 Å². The van der Waals surface area contributed by atoms with Crippen LogP contribution in [0, 0.1) is 3.57 Å². The summed E-state index contributed by atoms with van der Waals surface area (Å²) in [7, 11) is 3.38. The van der Waals surface area contributed by atoms with Crippen LogP contribution < -0.4 is 5.32 Å². The third-order valence-corrected chi connectivity index (χ3v) is 2.02. The van der Waals surface area contributed by atoms with Crippen LogP contribution in [0.15, 0.2) is 6.20 Å². The number of amides is 1. The highest BCUT2D eigenvalue weighted by molar-refractivity contribution is 14.1. The monoisotopic (exact) mass is 265 g/mol. The van der Waals surface area contributed by atoms with Gasteiger partial charge in [-0.15, -0.1) is 0 Å². The summed E-state index contributed by atoms with van der Waals surface area (Å²) in [5, 5.41) is 6.49. The largest absolute Gasteiger partial charge is 0.354 e. The molecule has 1 N–H and O–H groups in total. The molecular formula is C6H8IN3O. The average Bonchev–Trinajstić information content (AvgIpc) is 2.28. The molecule has 5 heteroatoms. The maximum Gasteiger partial charge on any atom is 0.272 e. The molecule has 0 aliphatic heterocycles. The summed E-state index contributed by atoms with van der Waals surface area (Å²) in [5.74, 6) is -0.144. The van der Waals surface area contributed by atoms with Crippen LogP contribution in [0.2, 0.25) is 0 Å². The van der Waals surface area contributed by atoms with Crippen LogP contribution in [0.3, 0.4) is 0 Å². The Kier molecular flexibility index (Phi) is 2.48. The van der Waals surface area contributed by atoms with E-state index in [9.17, 15) is 4.79 Å². The summed E-state index contributed by atoms with van der Waals surface area (Å²) in [5.41, 5.74) is 0.482. The first-order valence-electron chi connectivity index (χ1n) is 3.06. The SMILES string of the molecule is CNC(=O)c1nn(C)cc1I. The van der Waals surface area contributed by atoms with E-state index in [0.717, 1.165) is 3.57 Å². The lowest BCUT2D eigenvalue weighted by molar-refractivity contribution is 0.0956. The topological polar surface area (TPSA) is 46.9 Å². The molecule has 1 rings (SSSR count). The summed E-state index contributed by atoms with van der Waals surface area (Å²) < 4.78 is 2.48. The molecule has 0 bridgehead atoms. The number of hydrogen-bond acceptors (Lipinski definition) is 2. The molecule has 0 radical (unpaired) electrons. The number of aromatic nitrogens is 2. The Morgan fingerprint density at radius 1 is 1.82 bits per heavy atom. The molecule has 4 nitrogen and oxygen atoms in total. The van der Waals surface area contributed by atoms with Crippen LogP contribution in [-0.2, 0) is 7.05 Å². The van der Waals surface area contributed by atoms with Crippen molar-refractivity contribution in [3.63, 3.8) is 0 Å². The molecule has 11 heavy (non-hydrogen) atoms. The second-order valence-corrected chi connectivity index (χ2v) is 3.24. The average molecular weight is 265 g/mol. The zero-order valence-electron chi connectivity index (χ0n) is 6.26. The van der Waals surface area contributed by atoms with Gasteiger partial charge >= 0.3 is 0 Å². The molecule has 1 amide bonds. The van der Waals surface area contributed by atoms with Crippen LogP contribution in [0.5, 0.6) is 0 Å².